The Kier molecular flexibility index (Phi) is 12.9. The first kappa shape index (κ1) is 53.7. The highest BCUT2D eigenvalue weighted by atomic mass is 16.5. The van der Waals surface area contributed by atoms with Crippen LogP contribution in [0.1, 0.15) is 23.5 Å². The van der Waals surface area contributed by atoms with E-state index in [1.54, 1.807) is 0 Å². The minimum atomic E-state index is -0.559. The van der Waals surface area contributed by atoms with Crippen molar-refractivity contribution in [2.75, 3.05) is 84.6 Å². The average Bonchev–Trinajstić information content (AvgIpc) is 2.26. The van der Waals surface area contributed by atoms with Gasteiger partial charge in [-0.3, -0.25) is 17.9 Å². The van der Waals surface area contributed by atoms with Crippen LogP contribution in [0.4, 0.5) is 22.7 Å². The largest absolute Gasteiger partial charge is 0.460 e. The number of hydrogen-bond donors (Lipinski definition) is 2. The Balaban J connectivity index is 1.09. The summed E-state index contributed by atoms with van der Waals surface area (Å²) in [7, 11) is 25.6. The molecule has 2 aliphatic carbocycles. The van der Waals surface area contributed by atoms with Gasteiger partial charge in [-0.2, -0.15) is 0 Å². The van der Waals surface area contributed by atoms with E-state index in [1.807, 2.05) is 115 Å². The molecule has 2 unspecified atom stereocenters. The second-order valence-corrected chi connectivity index (χ2v) is 25.1. The van der Waals surface area contributed by atoms with Crippen LogP contribution in [0, 0.1) is 0 Å². The number of H-pyrrole nitrogens is 2. The van der Waals surface area contributed by atoms with Gasteiger partial charge in [0.1, 0.15) is 103 Å². The van der Waals surface area contributed by atoms with Crippen LogP contribution in [0.3, 0.4) is 0 Å². The number of quaternary nitrogens is 4. The number of benzene rings is 6. The van der Waals surface area contributed by atoms with Crippen LogP contribution in [0.25, 0.3) is 56.0 Å². The zero-order chi connectivity index (χ0) is 58.5. The predicted molar refractivity (Wildman–Crippen MR) is 337 cm³/mol. The molecule has 16 nitrogen and oxygen atoms in total. The molecule has 5 aliphatic rings. The molecule has 2 aromatic heterocycles. The molecule has 13 rings (SSSR count). The molecule has 84 heavy (non-hydrogen) atoms. The van der Waals surface area contributed by atoms with Crippen molar-refractivity contribution < 1.29 is 18.9 Å². The minimum absolute atomic E-state index is 0.382. The SMILES string of the molecule is C[N+](C)(C)c1cccc(OC2=CC=CC3C2=c2nc4nc(nc5[nH]c(nc6nc(nc3[nH]2)C2C(Oc3cccc([N+](C)(C)C)c3)=CC=CC=62)c2c(Oc3cccc([N+](C)(C)C)c3)cccc52)-c2c(Oc3cccc([N+](C)(C)C)c3)cccc2-4)c1. The van der Waals surface area contributed by atoms with E-state index in [0.717, 1.165) is 44.8 Å². The van der Waals surface area contributed by atoms with Gasteiger partial charge in [-0.25, -0.2) is 29.9 Å². The molecule has 2 atom stereocenters. The van der Waals surface area contributed by atoms with Crippen molar-refractivity contribution in [2.45, 2.75) is 11.8 Å². The van der Waals surface area contributed by atoms with Crippen molar-refractivity contribution in [1.82, 2.24) is 57.8 Å². The topological polar surface area (TPSA) is 146 Å². The van der Waals surface area contributed by atoms with Crippen molar-refractivity contribution in [1.29, 1.82) is 0 Å². The van der Waals surface area contributed by atoms with Crippen molar-refractivity contribution in [3.8, 4) is 57.3 Å². The zero-order valence-electron chi connectivity index (χ0n) is 49.4. The molecule has 420 valence electrons. The molecule has 0 amide bonds. The standard InChI is InChI=1S/C68H68N12O4/c1-77(2,3)41-21-13-25-45(37-41)81-53-33-17-29-49-57(53)65-69-61(49)74-66-59-51(31-19-35-55(59)83-47-27-15-23-43(39-47)79(7,8)9)63(71-66)76-68-60-52(32-20-36-56(60)84-48-28-16-24-44(40-48)80(10,11)12)64(72-68)75-67-58-50(62(70-67)73-65)30-18-34-54(58)82-46-26-14-22-42(38-46)78(4,5)6/h13-40,49,59H,1-12H3,(H,69,71,74)(H,70,72,73,75,76)/q+4. The first-order chi connectivity index (χ1) is 40.1. The number of allylic oxidation sites excluding steroid dienone is 8. The lowest BCUT2D eigenvalue weighted by Gasteiger charge is -2.25. The highest BCUT2D eigenvalue weighted by Crippen LogP contribution is 2.45. The van der Waals surface area contributed by atoms with Gasteiger partial charge in [0.05, 0.1) is 107 Å². The molecule has 16 heteroatoms. The molecule has 0 fully saturated rings. The van der Waals surface area contributed by atoms with Gasteiger partial charge in [0.25, 0.3) is 0 Å². The smallest absolute Gasteiger partial charge is 0.168 e. The summed E-state index contributed by atoms with van der Waals surface area (Å²) >= 11 is 0. The van der Waals surface area contributed by atoms with Crippen LogP contribution in [0.2, 0.25) is 0 Å². The zero-order valence-corrected chi connectivity index (χ0v) is 49.4. The lowest BCUT2D eigenvalue weighted by atomic mass is 9.92. The Morgan fingerprint density at radius 2 is 1.02 bits per heavy atom. The van der Waals surface area contributed by atoms with Crippen molar-refractivity contribution >= 4 is 56.0 Å². The van der Waals surface area contributed by atoms with E-state index in [1.165, 1.54) is 0 Å². The number of rotatable bonds is 12. The molecule has 3 aliphatic heterocycles. The van der Waals surface area contributed by atoms with Gasteiger partial charge in [0, 0.05) is 40.8 Å². The molecule has 2 N–H and O–H groups in total. The summed E-state index contributed by atoms with van der Waals surface area (Å²) in [5, 5.41) is 1.44. The van der Waals surface area contributed by atoms with E-state index in [2.05, 4.69) is 149 Å². The maximum atomic E-state index is 6.94. The Morgan fingerprint density at radius 3 is 1.64 bits per heavy atom. The monoisotopic (exact) mass is 1120 g/mol. The fourth-order valence-electron chi connectivity index (χ4n) is 10.9. The Bertz CT molecular complexity index is 4520. The second kappa shape index (κ2) is 20.1. The summed E-state index contributed by atoms with van der Waals surface area (Å²) < 4.78 is 30.1. The quantitative estimate of drug-likeness (QED) is 0.113. The van der Waals surface area contributed by atoms with Crippen LogP contribution in [-0.2, 0) is 0 Å². The van der Waals surface area contributed by atoms with Gasteiger partial charge in [0.15, 0.2) is 17.1 Å². The minimum Gasteiger partial charge on any atom is -0.460 e. The van der Waals surface area contributed by atoms with Crippen LogP contribution in [0.15, 0.2) is 181 Å². The van der Waals surface area contributed by atoms with E-state index in [0.29, 0.717) is 120 Å². The van der Waals surface area contributed by atoms with Crippen LogP contribution >= 0.6 is 0 Å². The Labute approximate surface area is 488 Å². The summed E-state index contributed by atoms with van der Waals surface area (Å²) in [6, 6.07) is 44.5. The van der Waals surface area contributed by atoms with Gasteiger partial charge >= 0.3 is 0 Å². The van der Waals surface area contributed by atoms with Crippen LogP contribution < -0.4 is 47.8 Å². The molecule has 6 aromatic carbocycles. The third kappa shape index (κ3) is 10.2. The molecule has 5 heterocycles. The molecule has 0 radical (unpaired) electrons. The molecule has 0 spiro atoms. The summed E-state index contributed by atoms with van der Waals surface area (Å²) in [6.07, 6.45) is 12.1. The molecule has 0 saturated carbocycles. The van der Waals surface area contributed by atoms with E-state index < -0.39 is 11.8 Å². The average molecular weight is 1120 g/mol. The molecular formula is C68H68N12O4+4. The molecule has 0 saturated heterocycles. The third-order valence-electron chi connectivity index (χ3n) is 15.4. The van der Waals surface area contributed by atoms with E-state index >= 15 is 0 Å². The van der Waals surface area contributed by atoms with E-state index in [4.69, 9.17) is 48.9 Å². The Morgan fingerprint density at radius 1 is 0.464 bits per heavy atom. The second-order valence-electron chi connectivity index (χ2n) is 25.1. The van der Waals surface area contributed by atoms with Crippen molar-refractivity contribution in [2.24, 2.45) is 0 Å². The maximum absolute atomic E-state index is 6.94. The highest BCUT2D eigenvalue weighted by molar-refractivity contribution is 6.08. The number of aromatic amines is 2. The molecule has 8 aromatic rings. The molecule has 8 bridgehead atoms. The van der Waals surface area contributed by atoms with Gasteiger partial charge in [-0.05, 0) is 72.8 Å². The van der Waals surface area contributed by atoms with Gasteiger partial charge in [0.2, 0.25) is 0 Å². The highest BCUT2D eigenvalue weighted by Gasteiger charge is 2.36. The number of nitrogens with zero attached hydrogens (tertiary/aromatic N) is 10. The fraction of sp³-hybridized carbons (Fsp3) is 0.206. The lowest BCUT2D eigenvalue weighted by molar-refractivity contribution is 0.397. The maximum Gasteiger partial charge on any atom is 0.168 e. The van der Waals surface area contributed by atoms with E-state index in [9.17, 15) is 0 Å². The van der Waals surface area contributed by atoms with Gasteiger partial charge < -0.3 is 28.9 Å². The first-order valence-corrected chi connectivity index (χ1v) is 28.1. The van der Waals surface area contributed by atoms with Gasteiger partial charge in [-0.1, -0.05) is 72.8 Å². The van der Waals surface area contributed by atoms with Crippen LogP contribution in [0.5, 0.6) is 34.5 Å². The summed E-state index contributed by atoms with van der Waals surface area (Å²) in [5.41, 5.74) is 9.21. The third-order valence-corrected chi connectivity index (χ3v) is 15.4. The Hall–Kier alpha value is -9.58. The van der Waals surface area contributed by atoms with Crippen LogP contribution in [-0.4, -0.2) is 124 Å². The number of hydrogen-bond acceptors (Lipinski definition) is 10. The first-order valence-electron chi connectivity index (χ1n) is 28.1. The number of ether oxygens (including phenoxy) is 4. The fourth-order valence-corrected chi connectivity index (χ4v) is 10.9. The summed E-state index contributed by atoms with van der Waals surface area (Å²) in [5.74, 6) is 5.95. The normalized spacial score (nSPS) is 16.1. The van der Waals surface area contributed by atoms with E-state index in [-0.39, 0.29) is 0 Å². The summed E-state index contributed by atoms with van der Waals surface area (Å²) in [4.78, 5) is 40.1. The summed E-state index contributed by atoms with van der Waals surface area (Å²) in [6.45, 7) is 0. The predicted octanol–water partition coefficient (Wildman–Crippen LogP) is 11.4. The van der Waals surface area contributed by atoms with Gasteiger partial charge in [-0.15, -0.1) is 0 Å². The lowest BCUT2D eigenvalue weighted by Crippen LogP contribution is -2.34. The number of aromatic nitrogens is 8. The van der Waals surface area contributed by atoms with Crippen molar-refractivity contribution in [3.05, 3.63) is 204 Å². The number of nitrogens with one attached hydrogen (secondary N) is 2. The van der Waals surface area contributed by atoms with Crippen molar-refractivity contribution in [3.63, 3.8) is 0 Å². The molecular weight excluding hydrogens is 1050 g/mol. The number of fused-ring (bicyclic) bond motifs is 18.